The van der Waals surface area contributed by atoms with Crippen LogP contribution in [0.4, 0.5) is 0 Å². The van der Waals surface area contributed by atoms with Gasteiger partial charge < -0.3 is 5.11 Å². The smallest absolute Gasteiger partial charge is 0.307 e. The molecule has 7 heteroatoms. The maximum absolute atomic E-state index is 12.3. The van der Waals surface area contributed by atoms with Crippen molar-refractivity contribution in [3.05, 3.63) is 17.5 Å². The van der Waals surface area contributed by atoms with Crippen molar-refractivity contribution in [2.45, 2.75) is 31.0 Å². The van der Waals surface area contributed by atoms with Crippen LogP contribution >= 0.6 is 11.3 Å². The number of carboxylic acid groups (broad SMARTS) is 1. The summed E-state index contributed by atoms with van der Waals surface area (Å²) >= 11 is 1.13. The molecule has 0 spiro atoms. The van der Waals surface area contributed by atoms with Crippen LogP contribution in [0.2, 0.25) is 0 Å². The summed E-state index contributed by atoms with van der Waals surface area (Å²) < 4.78 is 26.2. The summed E-state index contributed by atoms with van der Waals surface area (Å²) in [7, 11) is -3.60. The largest absolute Gasteiger partial charge is 0.481 e. The third kappa shape index (κ3) is 3.30. The summed E-state index contributed by atoms with van der Waals surface area (Å²) in [6, 6.07) is 2.91. The normalized spacial score (nSPS) is 14.1. The molecular weight excluding hydrogens is 274 g/mol. The molecule has 5 nitrogen and oxygen atoms in total. The first kappa shape index (κ1) is 15.1. The molecule has 0 aliphatic heterocycles. The molecule has 1 heterocycles. The molecule has 0 bridgehead atoms. The van der Waals surface area contributed by atoms with Gasteiger partial charge in [0.15, 0.2) is 0 Å². The molecule has 1 aromatic heterocycles. The molecule has 0 fully saturated rings. The number of aliphatic carboxylic acids is 1. The molecule has 18 heavy (non-hydrogen) atoms. The predicted octanol–water partition coefficient (Wildman–Crippen LogP) is 1.87. The molecule has 1 N–H and O–H groups in total. The molecule has 1 unspecified atom stereocenters. The minimum atomic E-state index is -3.60. The van der Waals surface area contributed by atoms with Gasteiger partial charge in [0.2, 0.25) is 0 Å². The van der Waals surface area contributed by atoms with Crippen molar-refractivity contribution in [1.82, 2.24) is 4.31 Å². The van der Waals surface area contributed by atoms with Crippen LogP contribution in [0.25, 0.3) is 0 Å². The van der Waals surface area contributed by atoms with Crippen molar-refractivity contribution in [3.8, 4) is 0 Å². The van der Waals surface area contributed by atoms with E-state index in [1.165, 1.54) is 17.3 Å². The zero-order valence-corrected chi connectivity index (χ0v) is 12.2. The van der Waals surface area contributed by atoms with Crippen LogP contribution in [0.1, 0.15) is 20.8 Å². The Morgan fingerprint density at radius 3 is 2.44 bits per heavy atom. The Morgan fingerprint density at radius 2 is 2.06 bits per heavy atom. The Morgan fingerprint density at radius 1 is 1.44 bits per heavy atom. The topological polar surface area (TPSA) is 74.7 Å². The minimum Gasteiger partial charge on any atom is -0.481 e. The number of rotatable bonds is 6. The third-order valence-corrected chi connectivity index (χ3v) is 5.92. The van der Waals surface area contributed by atoms with Gasteiger partial charge in [-0.2, -0.15) is 4.31 Å². The number of carbonyl (C=O) groups is 1. The van der Waals surface area contributed by atoms with Gasteiger partial charge in [-0.05, 0) is 25.3 Å². The van der Waals surface area contributed by atoms with E-state index in [2.05, 4.69) is 0 Å². The minimum absolute atomic E-state index is 0.0206. The fourth-order valence-corrected chi connectivity index (χ4v) is 4.31. The number of carboxylic acids is 1. The maximum atomic E-state index is 12.3. The second kappa shape index (κ2) is 5.81. The number of nitrogens with zero attached hydrogens (tertiary/aromatic N) is 1. The van der Waals surface area contributed by atoms with E-state index in [9.17, 15) is 13.2 Å². The van der Waals surface area contributed by atoms with E-state index in [-0.39, 0.29) is 16.8 Å². The van der Waals surface area contributed by atoms with Gasteiger partial charge in [0.25, 0.3) is 10.0 Å². The van der Waals surface area contributed by atoms with Crippen LogP contribution in [-0.2, 0) is 14.8 Å². The Kier molecular flexibility index (Phi) is 4.89. The predicted molar refractivity (Wildman–Crippen MR) is 70.1 cm³/mol. The van der Waals surface area contributed by atoms with E-state index >= 15 is 0 Å². The fourth-order valence-electron chi connectivity index (χ4n) is 1.46. The summed E-state index contributed by atoms with van der Waals surface area (Å²) in [5, 5.41) is 10.6. The van der Waals surface area contributed by atoms with E-state index in [0.717, 1.165) is 11.3 Å². The number of hydrogen-bond acceptors (Lipinski definition) is 4. The number of thiophene rings is 1. The van der Waals surface area contributed by atoms with Gasteiger partial charge in [-0.3, -0.25) is 4.79 Å². The highest BCUT2D eigenvalue weighted by Crippen LogP contribution is 2.23. The van der Waals surface area contributed by atoms with Crippen LogP contribution < -0.4 is 0 Å². The van der Waals surface area contributed by atoms with E-state index in [4.69, 9.17) is 5.11 Å². The Labute approximate surface area is 111 Å². The maximum Gasteiger partial charge on any atom is 0.307 e. The lowest BCUT2D eigenvalue weighted by Gasteiger charge is -2.26. The van der Waals surface area contributed by atoms with Crippen LogP contribution in [0.15, 0.2) is 21.7 Å². The van der Waals surface area contributed by atoms with Gasteiger partial charge >= 0.3 is 5.97 Å². The Balaban J connectivity index is 3.03. The van der Waals surface area contributed by atoms with Gasteiger partial charge in [0.1, 0.15) is 4.21 Å². The van der Waals surface area contributed by atoms with Crippen molar-refractivity contribution in [2.24, 2.45) is 5.92 Å². The van der Waals surface area contributed by atoms with Crippen LogP contribution in [0.3, 0.4) is 0 Å². The lowest BCUT2D eigenvalue weighted by atomic mass is 10.2. The molecule has 0 amide bonds. The standard InChI is InChI=1S/C11H17NO4S2/c1-8(2)12(7-9(3)11(13)14)18(15,16)10-5-4-6-17-10/h4-6,8-9H,7H2,1-3H3,(H,13,14). The van der Waals surface area contributed by atoms with Crippen molar-refractivity contribution in [2.75, 3.05) is 6.54 Å². The molecule has 1 rings (SSSR count). The molecular formula is C11H17NO4S2. The molecule has 0 saturated heterocycles. The molecule has 0 saturated carbocycles. The van der Waals surface area contributed by atoms with Crippen molar-refractivity contribution < 1.29 is 18.3 Å². The molecule has 0 aliphatic carbocycles. The highest BCUT2D eigenvalue weighted by atomic mass is 32.2. The zero-order chi connectivity index (χ0) is 13.9. The summed E-state index contributed by atoms with van der Waals surface area (Å²) in [4.78, 5) is 10.9. The third-order valence-electron chi connectivity index (χ3n) is 2.51. The average Bonchev–Trinajstić information content (AvgIpc) is 2.78. The van der Waals surface area contributed by atoms with Gasteiger partial charge in [-0.25, -0.2) is 8.42 Å². The zero-order valence-electron chi connectivity index (χ0n) is 10.5. The second-order valence-electron chi connectivity index (χ2n) is 4.34. The van der Waals surface area contributed by atoms with Gasteiger partial charge in [0.05, 0.1) is 5.92 Å². The van der Waals surface area contributed by atoms with Crippen molar-refractivity contribution in [3.63, 3.8) is 0 Å². The fraction of sp³-hybridized carbons (Fsp3) is 0.545. The SMILES string of the molecule is CC(CN(C(C)C)S(=O)(=O)c1cccs1)C(=O)O. The van der Waals surface area contributed by atoms with Crippen molar-refractivity contribution in [1.29, 1.82) is 0 Å². The Hall–Kier alpha value is -0.920. The highest BCUT2D eigenvalue weighted by Gasteiger charge is 2.30. The van der Waals surface area contributed by atoms with E-state index in [1.54, 1.807) is 25.3 Å². The first-order valence-corrected chi connectivity index (χ1v) is 7.87. The second-order valence-corrected chi connectivity index (χ2v) is 7.40. The van der Waals surface area contributed by atoms with Crippen LogP contribution in [0, 0.1) is 5.92 Å². The summed E-state index contributed by atoms with van der Waals surface area (Å²) in [5.74, 6) is -1.73. The molecule has 102 valence electrons. The van der Waals surface area contributed by atoms with Crippen LogP contribution in [0.5, 0.6) is 0 Å². The molecule has 0 aliphatic rings. The summed E-state index contributed by atoms with van der Waals surface area (Å²) in [5.41, 5.74) is 0. The quantitative estimate of drug-likeness (QED) is 0.868. The molecule has 1 atom stereocenters. The number of sulfonamides is 1. The van der Waals surface area contributed by atoms with E-state index in [1.807, 2.05) is 0 Å². The molecule has 0 aromatic carbocycles. The average molecular weight is 291 g/mol. The van der Waals surface area contributed by atoms with Crippen molar-refractivity contribution >= 4 is 27.3 Å². The summed E-state index contributed by atoms with van der Waals surface area (Å²) in [6.07, 6.45) is 0. The highest BCUT2D eigenvalue weighted by molar-refractivity contribution is 7.91. The lowest BCUT2D eigenvalue weighted by molar-refractivity contribution is -0.141. The van der Waals surface area contributed by atoms with E-state index < -0.39 is 21.9 Å². The molecule has 0 radical (unpaired) electrons. The van der Waals surface area contributed by atoms with Gasteiger partial charge in [0, 0.05) is 12.6 Å². The van der Waals surface area contributed by atoms with Gasteiger partial charge in [-0.15, -0.1) is 11.3 Å². The monoisotopic (exact) mass is 291 g/mol. The van der Waals surface area contributed by atoms with Gasteiger partial charge in [-0.1, -0.05) is 13.0 Å². The van der Waals surface area contributed by atoms with E-state index in [0.29, 0.717) is 0 Å². The number of hydrogen-bond donors (Lipinski definition) is 1. The van der Waals surface area contributed by atoms with Crippen LogP contribution in [-0.4, -0.2) is 36.4 Å². The Bertz CT molecular complexity index is 493. The first-order chi connectivity index (χ1) is 8.26. The molecule has 1 aromatic rings. The lowest BCUT2D eigenvalue weighted by Crippen LogP contribution is -2.41. The summed E-state index contributed by atoms with van der Waals surface area (Å²) in [6.45, 7) is 4.95. The first-order valence-electron chi connectivity index (χ1n) is 5.55.